The van der Waals surface area contributed by atoms with Crippen molar-refractivity contribution in [3.63, 3.8) is 0 Å². The van der Waals surface area contributed by atoms with Gasteiger partial charge in [0.2, 0.25) is 0 Å². The highest BCUT2D eigenvalue weighted by molar-refractivity contribution is 9.10. The fraction of sp³-hybridized carbons (Fsp3) is 0.0833. The van der Waals surface area contributed by atoms with Gasteiger partial charge in [-0.1, -0.05) is 23.2 Å². The molecule has 100 valence electrons. The third-order valence-corrected chi connectivity index (χ3v) is 4.99. The predicted octanol–water partition coefficient (Wildman–Crippen LogP) is 4.33. The van der Waals surface area contributed by atoms with Crippen molar-refractivity contribution in [1.82, 2.24) is 5.32 Å². The molecule has 0 saturated carbocycles. The molecule has 0 fully saturated rings. The van der Waals surface area contributed by atoms with Crippen molar-refractivity contribution in [3.8, 4) is 0 Å². The Balaban J connectivity index is 2.10. The predicted molar refractivity (Wildman–Crippen MR) is 84.1 cm³/mol. The van der Waals surface area contributed by atoms with Crippen LogP contribution in [0.5, 0.6) is 0 Å². The molecular weight excluding hydrogens is 371 g/mol. The highest BCUT2D eigenvalue weighted by Crippen LogP contribution is 2.29. The van der Waals surface area contributed by atoms with Gasteiger partial charge < -0.3 is 11.1 Å². The number of anilines is 1. The number of amides is 1. The molecule has 1 amide bonds. The van der Waals surface area contributed by atoms with Gasteiger partial charge in [0.15, 0.2) is 0 Å². The topological polar surface area (TPSA) is 55.1 Å². The number of halogens is 3. The number of thiophene rings is 1. The Morgan fingerprint density at radius 3 is 2.53 bits per heavy atom. The second kappa shape index (κ2) is 6.13. The summed E-state index contributed by atoms with van der Waals surface area (Å²) in [6.07, 6.45) is 0. The SMILES string of the molecule is Nc1c(Cl)cc(C(=O)NCc2sccc2Br)cc1Cl. The highest BCUT2D eigenvalue weighted by Gasteiger charge is 2.11. The fourth-order valence-electron chi connectivity index (χ4n) is 1.43. The summed E-state index contributed by atoms with van der Waals surface area (Å²) >= 11 is 16.8. The van der Waals surface area contributed by atoms with Crippen LogP contribution < -0.4 is 11.1 Å². The standard InChI is InChI=1S/C12H9BrCl2N2OS/c13-7-1-2-19-10(7)5-17-12(18)6-3-8(14)11(16)9(15)4-6/h1-4H,5,16H2,(H,17,18). The van der Waals surface area contributed by atoms with Crippen molar-refractivity contribution < 1.29 is 4.79 Å². The van der Waals surface area contributed by atoms with E-state index < -0.39 is 0 Å². The summed E-state index contributed by atoms with van der Waals surface area (Å²) < 4.78 is 0.978. The number of nitrogens with two attached hydrogens (primary N) is 1. The van der Waals surface area contributed by atoms with Gasteiger partial charge in [-0.25, -0.2) is 0 Å². The van der Waals surface area contributed by atoms with Crippen molar-refractivity contribution in [2.24, 2.45) is 0 Å². The van der Waals surface area contributed by atoms with E-state index in [0.29, 0.717) is 12.1 Å². The maximum atomic E-state index is 12.0. The minimum atomic E-state index is -0.246. The van der Waals surface area contributed by atoms with Crippen LogP contribution in [0.1, 0.15) is 15.2 Å². The number of hydrogen-bond donors (Lipinski definition) is 2. The lowest BCUT2D eigenvalue weighted by molar-refractivity contribution is 0.0951. The molecule has 3 nitrogen and oxygen atoms in total. The molecule has 19 heavy (non-hydrogen) atoms. The normalized spacial score (nSPS) is 10.5. The summed E-state index contributed by atoms with van der Waals surface area (Å²) in [6.45, 7) is 0.441. The monoisotopic (exact) mass is 378 g/mol. The second-order valence-corrected chi connectivity index (χ2v) is 6.40. The van der Waals surface area contributed by atoms with Crippen molar-refractivity contribution >= 4 is 62.1 Å². The Morgan fingerprint density at radius 2 is 2.00 bits per heavy atom. The lowest BCUT2D eigenvalue weighted by Crippen LogP contribution is -2.22. The van der Waals surface area contributed by atoms with Crippen LogP contribution in [0.3, 0.4) is 0 Å². The van der Waals surface area contributed by atoms with Gasteiger partial charge in [-0.15, -0.1) is 11.3 Å². The third kappa shape index (κ3) is 3.42. The minimum Gasteiger partial charge on any atom is -0.396 e. The maximum Gasteiger partial charge on any atom is 0.251 e. The van der Waals surface area contributed by atoms with Crippen LogP contribution in [-0.2, 0) is 6.54 Å². The van der Waals surface area contributed by atoms with Crippen LogP contribution in [0.25, 0.3) is 0 Å². The molecule has 0 spiro atoms. The van der Waals surface area contributed by atoms with Crippen molar-refractivity contribution in [2.75, 3.05) is 5.73 Å². The van der Waals surface area contributed by atoms with Crippen LogP contribution in [0.15, 0.2) is 28.1 Å². The van der Waals surface area contributed by atoms with E-state index in [9.17, 15) is 4.79 Å². The molecule has 7 heteroatoms. The lowest BCUT2D eigenvalue weighted by atomic mass is 10.2. The van der Waals surface area contributed by atoms with E-state index in [-0.39, 0.29) is 21.6 Å². The molecule has 0 saturated heterocycles. The summed E-state index contributed by atoms with van der Waals surface area (Å²) in [5.41, 5.74) is 6.29. The first-order valence-electron chi connectivity index (χ1n) is 5.23. The average molecular weight is 380 g/mol. The Morgan fingerprint density at radius 1 is 1.37 bits per heavy atom. The molecule has 3 N–H and O–H groups in total. The summed E-state index contributed by atoms with van der Waals surface area (Å²) in [7, 11) is 0. The number of rotatable bonds is 3. The molecule has 0 aliphatic heterocycles. The first-order chi connectivity index (χ1) is 8.99. The van der Waals surface area contributed by atoms with E-state index in [2.05, 4.69) is 21.2 Å². The van der Waals surface area contributed by atoms with Crippen LogP contribution in [0, 0.1) is 0 Å². The second-order valence-electron chi connectivity index (χ2n) is 3.73. The van der Waals surface area contributed by atoms with Crippen LogP contribution >= 0.6 is 50.5 Å². The Bertz CT molecular complexity index is 607. The van der Waals surface area contributed by atoms with E-state index >= 15 is 0 Å². The summed E-state index contributed by atoms with van der Waals surface area (Å²) in [5.74, 6) is -0.246. The van der Waals surface area contributed by atoms with E-state index in [0.717, 1.165) is 9.35 Å². The Labute approximate surface area is 132 Å². The van der Waals surface area contributed by atoms with Crippen molar-refractivity contribution in [2.45, 2.75) is 6.54 Å². The molecule has 0 aliphatic carbocycles. The maximum absolute atomic E-state index is 12.0. The van der Waals surface area contributed by atoms with Gasteiger partial charge in [0.25, 0.3) is 5.91 Å². The van der Waals surface area contributed by atoms with Crippen LogP contribution in [0.2, 0.25) is 10.0 Å². The third-order valence-electron chi connectivity index (χ3n) is 2.44. The molecule has 1 heterocycles. The molecule has 0 radical (unpaired) electrons. The molecule has 2 rings (SSSR count). The molecule has 0 aliphatic rings. The van der Waals surface area contributed by atoms with Gasteiger partial charge >= 0.3 is 0 Å². The van der Waals surface area contributed by atoms with Crippen LogP contribution in [-0.4, -0.2) is 5.91 Å². The van der Waals surface area contributed by atoms with Crippen molar-refractivity contribution in [1.29, 1.82) is 0 Å². The molecule has 1 aromatic heterocycles. The van der Waals surface area contributed by atoms with E-state index in [1.807, 2.05) is 11.4 Å². The minimum absolute atomic E-state index is 0.246. The number of nitrogen functional groups attached to an aromatic ring is 1. The van der Waals surface area contributed by atoms with Gasteiger partial charge in [-0.3, -0.25) is 4.79 Å². The highest BCUT2D eigenvalue weighted by atomic mass is 79.9. The summed E-state index contributed by atoms with van der Waals surface area (Å²) in [6, 6.07) is 4.94. The van der Waals surface area contributed by atoms with Gasteiger partial charge in [0.05, 0.1) is 22.3 Å². The van der Waals surface area contributed by atoms with Gasteiger partial charge in [0, 0.05) is 14.9 Å². The quantitative estimate of drug-likeness (QED) is 0.779. The molecule has 0 atom stereocenters. The molecule has 0 unspecified atom stereocenters. The Kier molecular flexibility index (Phi) is 4.73. The van der Waals surface area contributed by atoms with Gasteiger partial charge in [-0.05, 0) is 39.5 Å². The number of hydrogen-bond acceptors (Lipinski definition) is 3. The summed E-state index contributed by atoms with van der Waals surface area (Å²) in [5, 5.41) is 5.29. The molecule has 0 bridgehead atoms. The first-order valence-corrected chi connectivity index (χ1v) is 7.66. The zero-order chi connectivity index (χ0) is 14.0. The number of carbonyl (C=O) groups excluding carboxylic acids is 1. The zero-order valence-corrected chi connectivity index (χ0v) is 13.5. The van der Waals surface area contributed by atoms with Gasteiger partial charge in [-0.2, -0.15) is 0 Å². The molecule has 2 aromatic rings. The summed E-state index contributed by atoms with van der Waals surface area (Å²) in [4.78, 5) is 13.0. The number of benzene rings is 1. The number of carbonyl (C=O) groups is 1. The van der Waals surface area contributed by atoms with E-state index in [4.69, 9.17) is 28.9 Å². The van der Waals surface area contributed by atoms with E-state index in [1.54, 1.807) is 11.3 Å². The molecular formula is C12H9BrCl2N2OS. The van der Waals surface area contributed by atoms with Crippen molar-refractivity contribution in [3.05, 3.63) is 48.5 Å². The molecule has 1 aromatic carbocycles. The van der Waals surface area contributed by atoms with Gasteiger partial charge in [0.1, 0.15) is 0 Å². The van der Waals surface area contributed by atoms with Crippen LogP contribution in [0.4, 0.5) is 5.69 Å². The lowest BCUT2D eigenvalue weighted by Gasteiger charge is -2.07. The number of nitrogens with one attached hydrogen (secondary N) is 1. The van der Waals surface area contributed by atoms with E-state index in [1.165, 1.54) is 12.1 Å². The largest absolute Gasteiger partial charge is 0.396 e. The average Bonchev–Trinajstić information content (AvgIpc) is 2.78. The smallest absolute Gasteiger partial charge is 0.251 e. The Hall–Kier alpha value is -0.750. The first kappa shape index (κ1) is 14.7. The zero-order valence-electron chi connectivity index (χ0n) is 9.54. The fourth-order valence-corrected chi connectivity index (χ4v) is 3.35.